The van der Waals surface area contributed by atoms with Crippen LogP contribution in [0.4, 0.5) is 0 Å². The number of esters is 1. The van der Waals surface area contributed by atoms with E-state index >= 15 is 0 Å². The highest BCUT2D eigenvalue weighted by Gasteiger charge is 2.35. The number of carbonyl (C=O) groups excluding carboxylic acids is 1. The Labute approximate surface area is 191 Å². The van der Waals surface area contributed by atoms with Crippen LogP contribution in [0.1, 0.15) is 23.5 Å². The van der Waals surface area contributed by atoms with Crippen molar-refractivity contribution in [1.29, 1.82) is 0 Å². The second kappa shape index (κ2) is 7.45. The van der Waals surface area contributed by atoms with E-state index in [1.165, 1.54) is 12.3 Å². The van der Waals surface area contributed by atoms with Crippen LogP contribution < -0.4 is 14.9 Å². The first-order chi connectivity index (χ1) is 16.5. The Hall–Kier alpha value is -4.66. The lowest BCUT2D eigenvalue weighted by Gasteiger charge is -2.25. The Morgan fingerprint density at radius 2 is 2.03 bits per heavy atom. The SMILES string of the molecule is COc1ccc(-c2coc3c4c(cc(O)c3c2=O)OC(=O)C[C@@H]4c2cnn3cccnc23)cc1. The largest absolute Gasteiger partial charge is 0.507 e. The molecule has 6 rings (SSSR count). The van der Waals surface area contributed by atoms with Crippen molar-refractivity contribution in [2.45, 2.75) is 12.3 Å². The second-order valence-corrected chi connectivity index (χ2v) is 7.94. The zero-order valence-electron chi connectivity index (χ0n) is 17.9. The number of hydrogen-bond acceptors (Lipinski definition) is 8. The number of fused-ring (bicyclic) bond motifs is 4. The molecule has 1 N–H and O–H groups in total. The number of nitrogens with zero attached hydrogens (tertiary/aromatic N) is 3. The fourth-order valence-electron chi connectivity index (χ4n) is 4.46. The number of rotatable bonds is 3. The maximum absolute atomic E-state index is 13.5. The second-order valence-electron chi connectivity index (χ2n) is 7.94. The number of aromatic hydroxyl groups is 1. The van der Waals surface area contributed by atoms with Gasteiger partial charge < -0.3 is 19.0 Å². The van der Waals surface area contributed by atoms with Gasteiger partial charge in [0.2, 0.25) is 5.43 Å². The van der Waals surface area contributed by atoms with Crippen molar-refractivity contribution in [1.82, 2.24) is 14.6 Å². The van der Waals surface area contributed by atoms with Crippen molar-refractivity contribution < 1.29 is 23.8 Å². The monoisotopic (exact) mass is 455 g/mol. The fourth-order valence-corrected chi connectivity index (χ4v) is 4.46. The van der Waals surface area contributed by atoms with Crippen molar-refractivity contribution in [2.75, 3.05) is 7.11 Å². The highest BCUT2D eigenvalue weighted by molar-refractivity contribution is 5.94. The zero-order chi connectivity index (χ0) is 23.4. The molecule has 2 aromatic carbocycles. The minimum Gasteiger partial charge on any atom is -0.507 e. The van der Waals surface area contributed by atoms with Gasteiger partial charge in [-0.3, -0.25) is 9.59 Å². The molecule has 9 nitrogen and oxygen atoms in total. The molecule has 4 heterocycles. The van der Waals surface area contributed by atoms with Crippen LogP contribution in [0.2, 0.25) is 0 Å². The number of hydrogen-bond donors (Lipinski definition) is 1. The molecule has 5 aromatic rings. The third kappa shape index (κ3) is 2.94. The third-order valence-corrected chi connectivity index (χ3v) is 6.05. The van der Waals surface area contributed by atoms with Crippen molar-refractivity contribution in [2.24, 2.45) is 0 Å². The summed E-state index contributed by atoms with van der Waals surface area (Å²) in [5.41, 5.74) is 2.41. The van der Waals surface area contributed by atoms with Crippen LogP contribution in [0.15, 0.2) is 70.5 Å². The number of carbonyl (C=O) groups is 1. The molecule has 0 amide bonds. The fraction of sp³-hybridized carbons (Fsp3) is 0.120. The van der Waals surface area contributed by atoms with Crippen LogP contribution in [-0.4, -0.2) is 32.8 Å². The van der Waals surface area contributed by atoms with Gasteiger partial charge in [0.05, 0.1) is 25.3 Å². The van der Waals surface area contributed by atoms with Crippen molar-refractivity contribution in [3.8, 4) is 28.4 Å². The highest BCUT2D eigenvalue weighted by Crippen LogP contribution is 2.46. The van der Waals surface area contributed by atoms with Crippen molar-refractivity contribution >= 4 is 22.6 Å². The molecule has 0 bridgehead atoms. The van der Waals surface area contributed by atoms with E-state index in [1.54, 1.807) is 60.5 Å². The topological polar surface area (TPSA) is 116 Å². The number of methoxy groups -OCH3 is 1. The molecule has 34 heavy (non-hydrogen) atoms. The summed E-state index contributed by atoms with van der Waals surface area (Å²) in [4.78, 5) is 30.3. The molecule has 1 aliphatic rings. The summed E-state index contributed by atoms with van der Waals surface area (Å²) in [6.07, 6.45) is 6.39. The minimum absolute atomic E-state index is 0.00868. The average Bonchev–Trinajstić information content (AvgIpc) is 3.27. The molecule has 1 aliphatic heterocycles. The van der Waals surface area contributed by atoms with Crippen LogP contribution in [0.25, 0.3) is 27.7 Å². The van der Waals surface area contributed by atoms with Crippen LogP contribution in [0.3, 0.4) is 0 Å². The van der Waals surface area contributed by atoms with E-state index in [4.69, 9.17) is 13.9 Å². The predicted molar refractivity (Wildman–Crippen MR) is 121 cm³/mol. The number of benzene rings is 2. The Kier molecular flexibility index (Phi) is 4.38. The van der Waals surface area contributed by atoms with Crippen LogP contribution in [0.5, 0.6) is 17.2 Å². The maximum atomic E-state index is 13.5. The molecule has 0 radical (unpaired) electrons. The molecular formula is C25H17N3O6. The van der Waals surface area contributed by atoms with Gasteiger partial charge in [0.1, 0.15) is 34.5 Å². The summed E-state index contributed by atoms with van der Waals surface area (Å²) in [7, 11) is 1.56. The van der Waals surface area contributed by atoms with Crippen molar-refractivity contribution in [3.63, 3.8) is 0 Å². The summed E-state index contributed by atoms with van der Waals surface area (Å²) in [6.45, 7) is 0. The van der Waals surface area contributed by atoms with Gasteiger partial charge in [-0.2, -0.15) is 5.10 Å². The van der Waals surface area contributed by atoms with Gasteiger partial charge in [-0.1, -0.05) is 12.1 Å². The summed E-state index contributed by atoms with van der Waals surface area (Å²) >= 11 is 0. The smallest absolute Gasteiger partial charge is 0.312 e. The maximum Gasteiger partial charge on any atom is 0.312 e. The molecule has 0 aliphatic carbocycles. The molecule has 9 heteroatoms. The molecular weight excluding hydrogens is 438 g/mol. The summed E-state index contributed by atoms with van der Waals surface area (Å²) in [5, 5.41) is 15.1. The van der Waals surface area contributed by atoms with E-state index in [9.17, 15) is 14.7 Å². The van der Waals surface area contributed by atoms with Crippen LogP contribution >= 0.6 is 0 Å². The lowest BCUT2D eigenvalue weighted by molar-refractivity contribution is -0.135. The average molecular weight is 455 g/mol. The third-order valence-electron chi connectivity index (χ3n) is 6.05. The predicted octanol–water partition coefficient (Wildman–Crippen LogP) is 3.66. The van der Waals surface area contributed by atoms with Gasteiger partial charge in [0.15, 0.2) is 5.65 Å². The zero-order valence-corrected chi connectivity index (χ0v) is 17.9. The first kappa shape index (κ1) is 20.0. The van der Waals surface area contributed by atoms with E-state index < -0.39 is 17.3 Å². The van der Waals surface area contributed by atoms with Gasteiger partial charge in [0, 0.05) is 35.5 Å². The molecule has 0 saturated heterocycles. The number of ether oxygens (including phenoxy) is 2. The molecule has 0 unspecified atom stereocenters. The Balaban J connectivity index is 1.60. The van der Waals surface area contributed by atoms with Gasteiger partial charge >= 0.3 is 5.97 Å². The Morgan fingerprint density at radius 3 is 2.82 bits per heavy atom. The lowest BCUT2D eigenvalue weighted by atomic mass is 9.86. The number of aromatic nitrogens is 3. The number of phenolic OH excluding ortho intramolecular Hbond substituents is 1. The number of phenols is 1. The quantitative estimate of drug-likeness (QED) is 0.324. The minimum atomic E-state index is -0.526. The van der Waals surface area contributed by atoms with E-state index in [0.717, 1.165) is 0 Å². The van der Waals surface area contributed by atoms with Crippen LogP contribution in [-0.2, 0) is 4.79 Å². The first-order valence-electron chi connectivity index (χ1n) is 10.5. The van der Waals surface area contributed by atoms with Crippen LogP contribution in [0, 0.1) is 0 Å². The van der Waals surface area contributed by atoms with E-state index in [-0.39, 0.29) is 34.5 Å². The van der Waals surface area contributed by atoms with Crippen molar-refractivity contribution in [3.05, 3.63) is 82.6 Å². The molecule has 0 fully saturated rings. The molecule has 3 aromatic heterocycles. The van der Waals surface area contributed by atoms with Gasteiger partial charge in [-0.05, 0) is 23.8 Å². The Bertz CT molecular complexity index is 1650. The summed E-state index contributed by atoms with van der Waals surface area (Å²) < 4.78 is 18.2. The highest BCUT2D eigenvalue weighted by atomic mass is 16.5. The Morgan fingerprint density at radius 1 is 1.21 bits per heavy atom. The first-order valence-corrected chi connectivity index (χ1v) is 10.5. The standard InChI is InChI=1S/C25H17N3O6/c1-32-14-5-3-13(4-6-14)17-12-33-24-21-15(16-11-27-28-8-2-7-26-25(16)28)9-20(30)34-19(21)10-18(29)22(24)23(17)31/h2-8,10-12,15,29H,9H2,1H3/t15-/m1/s1. The molecule has 0 saturated carbocycles. The molecule has 0 spiro atoms. The van der Waals surface area contributed by atoms with Gasteiger partial charge in [0.25, 0.3) is 0 Å². The summed E-state index contributed by atoms with van der Waals surface area (Å²) in [5.74, 6) is -0.533. The molecule has 1 atom stereocenters. The van der Waals surface area contributed by atoms with E-state index in [1.807, 2.05) is 0 Å². The summed E-state index contributed by atoms with van der Waals surface area (Å²) in [6, 6.07) is 9.98. The van der Waals surface area contributed by atoms with Gasteiger partial charge in [-0.15, -0.1) is 0 Å². The van der Waals surface area contributed by atoms with E-state index in [2.05, 4.69) is 10.1 Å². The lowest BCUT2D eigenvalue weighted by Crippen LogP contribution is -2.22. The van der Waals surface area contributed by atoms with E-state index in [0.29, 0.717) is 28.1 Å². The van der Waals surface area contributed by atoms with Gasteiger partial charge in [-0.25, -0.2) is 9.50 Å². The molecule has 168 valence electrons. The normalized spacial score (nSPS) is 15.3.